The number of nitrogens with zero attached hydrogens (tertiary/aromatic N) is 2. The van der Waals surface area contributed by atoms with Crippen LogP contribution in [-0.4, -0.2) is 26.0 Å². The first-order valence-electron chi connectivity index (χ1n) is 6.31. The lowest BCUT2D eigenvalue weighted by Crippen LogP contribution is -2.14. The number of aromatic amines is 1. The van der Waals surface area contributed by atoms with Crippen LogP contribution in [0.4, 0.5) is 5.69 Å². The zero-order valence-electron chi connectivity index (χ0n) is 11.8. The van der Waals surface area contributed by atoms with Crippen molar-refractivity contribution in [2.75, 3.05) is 0 Å². The Morgan fingerprint density at radius 1 is 1.35 bits per heavy atom. The van der Waals surface area contributed by atoms with Gasteiger partial charge in [0.15, 0.2) is 0 Å². The molecule has 0 aliphatic carbocycles. The van der Waals surface area contributed by atoms with Gasteiger partial charge in [-0.2, -0.15) is 4.98 Å². The Hall–Kier alpha value is -3.49. The summed E-state index contributed by atoms with van der Waals surface area (Å²) in [5, 5.41) is 20.0. The number of aromatic nitrogens is 2. The van der Waals surface area contributed by atoms with E-state index < -0.39 is 28.0 Å². The number of rotatable bonds is 4. The minimum Gasteiger partial charge on any atom is -0.488 e. The number of hydrogen-bond acceptors (Lipinski definition) is 7. The predicted octanol–water partition coefficient (Wildman–Crippen LogP) is 1.48. The van der Waals surface area contributed by atoms with E-state index in [2.05, 4.69) is 9.97 Å². The van der Waals surface area contributed by atoms with Gasteiger partial charge in [0.2, 0.25) is 0 Å². The summed E-state index contributed by atoms with van der Waals surface area (Å²) in [6.07, 6.45) is 2.92. The normalized spacial score (nSPS) is 10.7. The average molecular weight is 317 g/mol. The standard InChI is InChI=1S/C14H11N3O6/c1-8(18)23-10-5-2-9(3-6-10)4-7-11-15-13(19)12(17(21)22)14(20)16-11/h2-7H,1H3,(H2,15,16,19,20)/b7-4-. The zero-order valence-corrected chi connectivity index (χ0v) is 11.8. The molecule has 2 aromatic rings. The van der Waals surface area contributed by atoms with E-state index in [1.165, 1.54) is 13.0 Å². The van der Waals surface area contributed by atoms with Crippen LogP contribution in [0.1, 0.15) is 18.3 Å². The van der Waals surface area contributed by atoms with Crippen LogP contribution in [-0.2, 0) is 4.79 Å². The molecule has 0 aliphatic heterocycles. The summed E-state index contributed by atoms with van der Waals surface area (Å²) >= 11 is 0. The topological polar surface area (TPSA) is 135 Å². The Morgan fingerprint density at radius 2 is 2.00 bits per heavy atom. The van der Waals surface area contributed by atoms with Gasteiger partial charge in [0.25, 0.3) is 5.88 Å². The van der Waals surface area contributed by atoms with Crippen LogP contribution in [0.25, 0.3) is 12.2 Å². The molecule has 0 spiro atoms. The number of H-pyrrole nitrogens is 1. The third-order valence-corrected chi connectivity index (χ3v) is 2.65. The number of ether oxygens (including phenoxy) is 1. The minimum absolute atomic E-state index is 0.0397. The minimum atomic E-state index is -1.05. The summed E-state index contributed by atoms with van der Waals surface area (Å²) in [5.74, 6) is -1.05. The Labute approximate surface area is 129 Å². The van der Waals surface area contributed by atoms with Gasteiger partial charge in [-0.1, -0.05) is 18.2 Å². The van der Waals surface area contributed by atoms with Gasteiger partial charge in [0, 0.05) is 6.92 Å². The van der Waals surface area contributed by atoms with Crippen LogP contribution in [0, 0.1) is 10.1 Å². The molecule has 118 valence electrons. The second-order valence-electron chi connectivity index (χ2n) is 4.38. The van der Waals surface area contributed by atoms with Gasteiger partial charge in [0.05, 0.1) is 4.92 Å². The first kappa shape index (κ1) is 15.9. The molecule has 9 heteroatoms. The smallest absolute Gasteiger partial charge is 0.395 e. The molecule has 1 heterocycles. The molecule has 1 aromatic carbocycles. The second-order valence-corrected chi connectivity index (χ2v) is 4.38. The van der Waals surface area contributed by atoms with Crippen molar-refractivity contribution in [1.82, 2.24) is 9.97 Å². The lowest BCUT2D eigenvalue weighted by atomic mass is 10.2. The largest absolute Gasteiger partial charge is 0.488 e. The lowest BCUT2D eigenvalue weighted by Gasteiger charge is -2.01. The van der Waals surface area contributed by atoms with Crippen molar-refractivity contribution in [2.45, 2.75) is 6.92 Å². The Balaban J connectivity index is 2.22. The monoisotopic (exact) mass is 317 g/mol. The maximum atomic E-state index is 11.5. The van der Waals surface area contributed by atoms with Crippen molar-refractivity contribution in [2.24, 2.45) is 0 Å². The summed E-state index contributed by atoms with van der Waals surface area (Å²) < 4.78 is 4.88. The van der Waals surface area contributed by atoms with Crippen molar-refractivity contribution >= 4 is 23.8 Å². The van der Waals surface area contributed by atoms with Gasteiger partial charge in [-0.15, -0.1) is 0 Å². The molecule has 2 rings (SSSR count). The molecule has 23 heavy (non-hydrogen) atoms. The maximum Gasteiger partial charge on any atom is 0.395 e. The summed E-state index contributed by atoms with van der Waals surface area (Å²) in [6, 6.07) is 6.45. The molecule has 9 nitrogen and oxygen atoms in total. The molecule has 0 bridgehead atoms. The van der Waals surface area contributed by atoms with Gasteiger partial charge in [-0.25, -0.2) is 0 Å². The number of aromatic hydroxyl groups is 1. The number of nitro groups is 1. The number of carbonyl (C=O) groups is 1. The van der Waals surface area contributed by atoms with Gasteiger partial charge < -0.3 is 14.8 Å². The summed E-state index contributed by atoms with van der Waals surface area (Å²) in [6.45, 7) is 1.29. The third kappa shape index (κ3) is 4.00. The van der Waals surface area contributed by atoms with Crippen molar-refractivity contribution in [3.05, 3.63) is 56.1 Å². The Morgan fingerprint density at radius 3 is 2.52 bits per heavy atom. The van der Waals surface area contributed by atoms with Crippen LogP contribution < -0.4 is 10.3 Å². The lowest BCUT2D eigenvalue weighted by molar-refractivity contribution is -0.387. The zero-order chi connectivity index (χ0) is 17.0. The third-order valence-electron chi connectivity index (χ3n) is 2.65. The van der Waals surface area contributed by atoms with E-state index >= 15 is 0 Å². The molecule has 0 saturated carbocycles. The van der Waals surface area contributed by atoms with E-state index in [0.29, 0.717) is 11.3 Å². The van der Waals surface area contributed by atoms with Crippen LogP contribution in [0.5, 0.6) is 11.6 Å². The quantitative estimate of drug-likeness (QED) is 0.377. The maximum absolute atomic E-state index is 11.5. The highest BCUT2D eigenvalue weighted by Crippen LogP contribution is 2.18. The predicted molar refractivity (Wildman–Crippen MR) is 79.9 cm³/mol. The number of nitrogens with one attached hydrogen (secondary N) is 1. The van der Waals surface area contributed by atoms with Crippen LogP contribution in [0.2, 0.25) is 0 Å². The highest BCUT2D eigenvalue weighted by Gasteiger charge is 2.21. The molecule has 0 atom stereocenters. The highest BCUT2D eigenvalue weighted by molar-refractivity contribution is 5.70. The molecule has 2 N–H and O–H groups in total. The number of benzene rings is 1. The van der Waals surface area contributed by atoms with E-state index in [1.54, 1.807) is 30.3 Å². The van der Waals surface area contributed by atoms with Crippen LogP contribution >= 0.6 is 0 Å². The first-order valence-corrected chi connectivity index (χ1v) is 6.31. The van der Waals surface area contributed by atoms with E-state index in [9.17, 15) is 24.8 Å². The Kier molecular flexibility index (Phi) is 4.50. The van der Waals surface area contributed by atoms with Crippen molar-refractivity contribution in [3.63, 3.8) is 0 Å². The summed E-state index contributed by atoms with van der Waals surface area (Å²) in [4.78, 5) is 37.6. The molecule has 0 amide bonds. The van der Waals surface area contributed by atoms with Crippen molar-refractivity contribution < 1.29 is 19.6 Å². The SMILES string of the molecule is CC(=O)Oc1ccc(/C=C\c2nc(O)c([N+](=O)[O-])c(=O)[nH]2)cc1. The van der Waals surface area contributed by atoms with Gasteiger partial charge in [0.1, 0.15) is 11.6 Å². The fraction of sp³-hybridized carbons (Fsp3) is 0.0714. The van der Waals surface area contributed by atoms with Crippen molar-refractivity contribution in [1.29, 1.82) is 0 Å². The highest BCUT2D eigenvalue weighted by atomic mass is 16.6. The van der Waals surface area contributed by atoms with Gasteiger partial charge in [-0.3, -0.25) is 19.7 Å². The molecule has 0 radical (unpaired) electrons. The van der Waals surface area contributed by atoms with Gasteiger partial charge >= 0.3 is 17.2 Å². The van der Waals surface area contributed by atoms with E-state index in [-0.39, 0.29) is 5.82 Å². The molecule has 0 unspecified atom stereocenters. The number of esters is 1. The molecule has 0 fully saturated rings. The first-order chi connectivity index (χ1) is 10.9. The summed E-state index contributed by atoms with van der Waals surface area (Å²) in [7, 11) is 0. The van der Waals surface area contributed by atoms with Crippen molar-refractivity contribution in [3.8, 4) is 11.6 Å². The van der Waals surface area contributed by atoms with E-state index in [0.717, 1.165) is 0 Å². The second kappa shape index (κ2) is 6.52. The molecule has 0 saturated heterocycles. The average Bonchev–Trinajstić information content (AvgIpc) is 2.45. The number of hydrogen-bond donors (Lipinski definition) is 2. The molecule has 1 aromatic heterocycles. The van der Waals surface area contributed by atoms with E-state index in [1.807, 2.05) is 0 Å². The summed E-state index contributed by atoms with van der Waals surface area (Å²) in [5.41, 5.74) is -1.36. The molecular weight excluding hydrogens is 306 g/mol. The fourth-order valence-electron chi connectivity index (χ4n) is 1.70. The van der Waals surface area contributed by atoms with Crippen LogP contribution in [0.3, 0.4) is 0 Å². The van der Waals surface area contributed by atoms with Gasteiger partial charge in [-0.05, 0) is 23.8 Å². The Bertz CT molecular complexity index is 839. The number of carbonyl (C=O) groups excluding carboxylic acids is 1. The molecular formula is C14H11N3O6. The molecule has 0 aliphatic rings. The van der Waals surface area contributed by atoms with E-state index in [4.69, 9.17) is 4.74 Å². The van der Waals surface area contributed by atoms with Crippen LogP contribution in [0.15, 0.2) is 29.1 Å². The fourth-order valence-corrected chi connectivity index (χ4v) is 1.70.